The van der Waals surface area contributed by atoms with Gasteiger partial charge in [-0.1, -0.05) is 24.4 Å². The zero-order valence-electron chi connectivity index (χ0n) is 8.26. The van der Waals surface area contributed by atoms with Crippen LogP contribution in [0.25, 0.3) is 0 Å². The number of hydrogen-bond donors (Lipinski definition) is 1. The number of nitrogen functional groups attached to an aromatic ring is 1. The van der Waals surface area contributed by atoms with E-state index in [-0.39, 0.29) is 0 Å². The van der Waals surface area contributed by atoms with Crippen LogP contribution in [0.2, 0.25) is 5.15 Å². The SMILES string of the molecule is Cc1nc(N)c(C2CCCC2)c(Cl)n1. The first-order valence-corrected chi connectivity index (χ1v) is 5.36. The summed E-state index contributed by atoms with van der Waals surface area (Å²) in [6.07, 6.45) is 4.84. The molecule has 0 atom stereocenters. The highest BCUT2D eigenvalue weighted by Crippen LogP contribution is 2.39. The summed E-state index contributed by atoms with van der Waals surface area (Å²) in [4.78, 5) is 8.31. The van der Waals surface area contributed by atoms with E-state index in [1.807, 2.05) is 0 Å². The van der Waals surface area contributed by atoms with Gasteiger partial charge in [-0.25, -0.2) is 9.97 Å². The van der Waals surface area contributed by atoms with Crippen molar-refractivity contribution in [2.24, 2.45) is 0 Å². The lowest BCUT2D eigenvalue weighted by Gasteiger charge is -2.13. The molecule has 0 saturated heterocycles. The summed E-state index contributed by atoms with van der Waals surface area (Å²) < 4.78 is 0. The molecule has 3 nitrogen and oxygen atoms in total. The van der Waals surface area contributed by atoms with Gasteiger partial charge in [0.25, 0.3) is 0 Å². The Labute approximate surface area is 88.7 Å². The molecule has 0 unspecified atom stereocenters. The number of rotatable bonds is 1. The molecule has 0 spiro atoms. The van der Waals surface area contributed by atoms with Crippen LogP contribution < -0.4 is 5.73 Å². The summed E-state index contributed by atoms with van der Waals surface area (Å²) in [5.41, 5.74) is 6.83. The summed E-state index contributed by atoms with van der Waals surface area (Å²) in [5, 5.41) is 0.543. The number of halogens is 1. The lowest BCUT2D eigenvalue weighted by Crippen LogP contribution is -2.06. The minimum atomic E-state index is 0.475. The second kappa shape index (κ2) is 3.73. The fourth-order valence-electron chi connectivity index (χ4n) is 2.16. The fourth-order valence-corrected chi connectivity index (χ4v) is 2.53. The van der Waals surface area contributed by atoms with Crippen molar-refractivity contribution < 1.29 is 0 Å². The highest BCUT2D eigenvalue weighted by Gasteiger charge is 2.23. The van der Waals surface area contributed by atoms with Gasteiger partial charge in [0.1, 0.15) is 16.8 Å². The molecule has 14 heavy (non-hydrogen) atoms. The maximum absolute atomic E-state index is 6.08. The molecule has 4 heteroatoms. The van der Waals surface area contributed by atoms with Crippen molar-refractivity contribution in [2.45, 2.75) is 38.5 Å². The predicted octanol–water partition coefficient (Wildman–Crippen LogP) is 2.68. The van der Waals surface area contributed by atoms with E-state index >= 15 is 0 Å². The van der Waals surface area contributed by atoms with E-state index in [1.165, 1.54) is 12.8 Å². The highest BCUT2D eigenvalue weighted by molar-refractivity contribution is 6.30. The van der Waals surface area contributed by atoms with Crippen LogP contribution >= 0.6 is 11.6 Å². The molecule has 0 radical (unpaired) electrons. The summed E-state index contributed by atoms with van der Waals surface area (Å²) >= 11 is 6.08. The van der Waals surface area contributed by atoms with E-state index in [0.717, 1.165) is 18.4 Å². The van der Waals surface area contributed by atoms with E-state index in [0.29, 0.717) is 22.7 Å². The van der Waals surface area contributed by atoms with Crippen LogP contribution in [-0.2, 0) is 0 Å². The molecular formula is C10H14ClN3. The molecule has 1 aromatic rings. The molecular weight excluding hydrogens is 198 g/mol. The summed E-state index contributed by atoms with van der Waals surface area (Å²) in [7, 11) is 0. The van der Waals surface area contributed by atoms with Gasteiger partial charge in [-0.2, -0.15) is 0 Å². The number of hydrogen-bond acceptors (Lipinski definition) is 3. The standard InChI is InChI=1S/C10H14ClN3/c1-6-13-9(11)8(10(12)14-6)7-4-2-3-5-7/h7H,2-5H2,1H3,(H2,12,13,14). The van der Waals surface area contributed by atoms with Crippen LogP contribution in [0.15, 0.2) is 0 Å². The third-order valence-electron chi connectivity index (χ3n) is 2.80. The minimum absolute atomic E-state index is 0.475. The molecule has 2 rings (SSSR count). The Balaban J connectivity index is 2.40. The maximum atomic E-state index is 6.08. The zero-order chi connectivity index (χ0) is 10.1. The van der Waals surface area contributed by atoms with Crippen molar-refractivity contribution in [1.29, 1.82) is 0 Å². The molecule has 0 aromatic carbocycles. The first kappa shape index (κ1) is 9.71. The van der Waals surface area contributed by atoms with Crippen LogP contribution in [0.3, 0.4) is 0 Å². The van der Waals surface area contributed by atoms with Crippen molar-refractivity contribution in [3.8, 4) is 0 Å². The number of aryl methyl sites for hydroxylation is 1. The Bertz CT molecular complexity index is 322. The van der Waals surface area contributed by atoms with Gasteiger partial charge in [0.2, 0.25) is 0 Å². The summed E-state index contributed by atoms with van der Waals surface area (Å²) in [6, 6.07) is 0. The third-order valence-corrected chi connectivity index (χ3v) is 3.09. The molecule has 76 valence electrons. The Morgan fingerprint density at radius 1 is 1.29 bits per heavy atom. The molecule has 0 aliphatic heterocycles. The van der Waals surface area contributed by atoms with Gasteiger partial charge < -0.3 is 5.73 Å². The molecule has 1 aromatic heterocycles. The number of aromatic nitrogens is 2. The molecule has 2 N–H and O–H groups in total. The first-order chi connectivity index (χ1) is 6.68. The van der Waals surface area contributed by atoms with Crippen molar-refractivity contribution >= 4 is 17.4 Å². The van der Waals surface area contributed by atoms with Crippen molar-refractivity contribution in [3.05, 3.63) is 16.5 Å². The van der Waals surface area contributed by atoms with E-state index in [9.17, 15) is 0 Å². The Kier molecular flexibility index (Phi) is 2.59. The average Bonchev–Trinajstić information content (AvgIpc) is 2.54. The Morgan fingerprint density at radius 2 is 1.93 bits per heavy atom. The van der Waals surface area contributed by atoms with Crippen LogP contribution in [-0.4, -0.2) is 9.97 Å². The molecule has 1 aliphatic rings. The molecule has 0 amide bonds. The fraction of sp³-hybridized carbons (Fsp3) is 0.600. The average molecular weight is 212 g/mol. The van der Waals surface area contributed by atoms with E-state index in [1.54, 1.807) is 6.92 Å². The van der Waals surface area contributed by atoms with Gasteiger partial charge in [-0.3, -0.25) is 0 Å². The highest BCUT2D eigenvalue weighted by atomic mass is 35.5. The van der Waals surface area contributed by atoms with Crippen molar-refractivity contribution in [3.63, 3.8) is 0 Å². The lowest BCUT2D eigenvalue weighted by atomic mass is 10.00. The maximum Gasteiger partial charge on any atom is 0.138 e. The van der Waals surface area contributed by atoms with Crippen molar-refractivity contribution in [1.82, 2.24) is 9.97 Å². The van der Waals surface area contributed by atoms with E-state index in [2.05, 4.69) is 9.97 Å². The Morgan fingerprint density at radius 3 is 2.50 bits per heavy atom. The van der Waals surface area contributed by atoms with Gasteiger partial charge in [0, 0.05) is 5.56 Å². The topological polar surface area (TPSA) is 51.8 Å². The molecule has 1 aliphatic carbocycles. The molecule has 1 fully saturated rings. The zero-order valence-corrected chi connectivity index (χ0v) is 9.01. The van der Waals surface area contributed by atoms with Gasteiger partial charge >= 0.3 is 0 Å². The smallest absolute Gasteiger partial charge is 0.138 e. The van der Waals surface area contributed by atoms with Gasteiger partial charge in [-0.05, 0) is 25.7 Å². The van der Waals surface area contributed by atoms with E-state index < -0.39 is 0 Å². The predicted molar refractivity (Wildman–Crippen MR) is 57.4 cm³/mol. The van der Waals surface area contributed by atoms with Crippen LogP contribution in [0.4, 0.5) is 5.82 Å². The summed E-state index contributed by atoms with van der Waals surface area (Å²) in [5.74, 6) is 1.69. The molecule has 1 heterocycles. The second-order valence-electron chi connectivity index (χ2n) is 3.84. The molecule has 0 bridgehead atoms. The van der Waals surface area contributed by atoms with Gasteiger partial charge in [0.05, 0.1) is 0 Å². The van der Waals surface area contributed by atoms with E-state index in [4.69, 9.17) is 17.3 Å². The second-order valence-corrected chi connectivity index (χ2v) is 4.20. The van der Waals surface area contributed by atoms with Crippen LogP contribution in [0, 0.1) is 6.92 Å². The van der Waals surface area contributed by atoms with Crippen LogP contribution in [0.5, 0.6) is 0 Å². The monoisotopic (exact) mass is 211 g/mol. The third kappa shape index (κ3) is 1.69. The van der Waals surface area contributed by atoms with Crippen LogP contribution in [0.1, 0.15) is 43.0 Å². The Hall–Kier alpha value is -0.830. The van der Waals surface area contributed by atoms with Gasteiger partial charge in [-0.15, -0.1) is 0 Å². The van der Waals surface area contributed by atoms with Crippen molar-refractivity contribution in [2.75, 3.05) is 5.73 Å². The summed E-state index contributed by atoms with van der Waals surface area (Å²) in [6.45, 7) is 1.81. The largest absolute Gasteiger partial charge is 0.383 e. The van der Waals surface area contributed by atoms with Gasteiger partial charge in [0.15, 0.2) is 0 Å². The lowest BCUT2D eigenvalue weighted by molar-refractivity contribution is 0.715. The molecule has 1 saturated carbocycles. The first-order valence-electron chi connectivity index (χ1n) is 4.98. The normalized spacial score (nSPS) is 17.6. The minimum Gasteiger partial charge on any atom is -0.383 e. The number of nitrogens with zero attached hydrogens (tertiary/aromatic N) is 2. The number of nitrogens with two attached hydrogens (primary N) is 1. The number of anilines is 1. The quantitative estimate of drug-likeness (QED) is 0.727.